The summed E-state index contributed by atoms with van der Waals surface area (Å²) in [4.78, 5) is 40.6. The molecule has 0 amide bonds. The first-order valence-corrected chi connectivity index (χ1v) is 22.1. The van der Waals surface area contributed by atoms with Crippen LogP contribution in [0.1, 0.15) is 59.6 Å². The van der Waals surface area contributed by atoms with Crippen LogP contribution in [0.3, 0.4) is 0 Å². The largest absolute Gasteiger partial charge is 0.497 e. The number of rotatable bonds is 22. The van der Waals surface area contributed by atoms with Gasteiger partial charge in [0.25, 0.3) is 0 Å². The Balaban J connectivity index is 1.62. The third kappa shape index (κ3) is 14.9. The Morgan fingerprint density at radius 1 is 0.576 bits per heavy atom. The summed E-state index contributed by atoms with van der Waals surface area (Å²) in [7, 11) is 1.55. The predicted molar refractivity (Wildman–Crippen MR) is 242 cm³/mol. The van der Waals surface area contributed by atoms with Crippen LogP contribution < -0.4 is 9.47 Å². The highest BCUT2D eigenvalue weighted by atomic mass is 16.8. The van der Waals surface area contributed by atoms with Crippen LogP contribution in [-0.2, 0) is 75.0 Å². The van der Waals surface area contributed by atoms with E-state index in [0.29, 0.717) is 11.5 Å². The third-order valence-electron chi connectivity index (χ3n) is 10.4. The van der Waals surface area contributed by atoms with E-state index in [0.717, 1.165) is 11.1 Å². The molecule has 3 aromatic rings. The molecule has 0 aromatic heterocycles. The van der Waals surface area contributed by atoms with Crippen molar-refractivity contribution in [2.24, 2.45) is 10.8 Å². The van der Waals surface area contributed by atoms with Gasteiger partial charge in [-0.05, 0) is 76.9 Å². The lowest BCUT2D eigenvalue weighted by Gasteiger charge is -2.49. The van der Waals surface area contributed by atoms with Gasteiger partial charge in [-0.3, -0.25) is 14.4 Å². The molecule has 360 valence electrons. The Bertz CT molecular complexity index is 1980. The van der Waals surface area contributed by atoms with Gasteiger partial charge in [0.2, 0.25) is 6.29 Å². The maximum atomic E-state index is 13.9. The fraction of sp³-hybridized carbons (Fsp3) is 0.510. The zero-order chi connectivity index (χ0) is 47.9. The van der Waals surface area contributed by atoms with Gasteiger partial charge in [0.05, 0.1) is 57.6 Å². The summed E-state index contributed by atoms with van der Waals surface area (Å²) >= 11 is 0. The van der Waals surface area contributed by atoms with Gasteiger partial charge in [-0.2, -0.15) is 0 Å². The zero-order valence-electron chi connectivity index (χ0n) is 39.3. The van der Waals surface area contributed by atoms with E-state index in [2.05, 4.69) is 13.2 Å². The van der Waals surface area contributed by atoms with Crippen LogP contribution in [0.4, 0.5) is 0 Å². The van der Waals surface area contributed by atoms with Gasteiger partial charge in [-0.25, -0.2) is 0 Å². The number of carbonyl (C=O) groups is 3. The summed E-state index contributed by atoms with van der Waals surface area (Å²) in [6.45, 7) is 19.4. The first-order valence-electron chi connectivity index (χ1n) is 22.1. The minimum atomic E-state index is -1.47. The first kappa shape index (κ1) is 51.8. The standard InChI is InChI=1S/C51H66O15/c1-11-27-58-42-40(60-33(3)52)38(31-56-29-34-19-15-13-16-20-34)63-47(45(42)66-49(54)51(7,8)9)64-41-39(32-57-30-35-21-17-14-18-22-35)62-46(61-37-25-23-36(55-10)24-26-37)44(43(41)59-28-12-2)65-48(53)50(4,5)6/h11-26,38-47H,1-2,27-32H2,3-10H3/t38-,39-,40+,41+,42+,43+,44-,45-,46-,47+/m1/s1. The highest BCUT2D eigenvalue weighted by Crippen LogP contribution is 2.37. The van der Waals surface area contributed by atoms with Crippen molar-refractivity contribution in [2.75, 3.05) is 33.5 Å². The number of methoxy groups -OCH3 is 1. The van der Waals surface area contributed by atoms with Crippen molar-refractivity contribution < 1.29 is 71.2 Å². The Morgan fingerprint density at radius 3 is 1.47 bits per heavy atom. The highest BCUT2D eigenvalue weighted by Gasteiger charge is 2.57. The van der Waals surface area contributed by atoms with E-state index < -0.39 is 90.1 Å². The number of hydrogen-bond donors (Lipinski definition) is 0. The second-order valence-corrected chi connectivity index (χ2v) is 18.0. The molecular formula is C51H66O15. The molecule has 0 unspecified atom stereocenters. The predicted octanol–water partition coefficient (Wildman–Crippen LogP) is 7.33. The molecule has 2 aliphatic heterocycles. The minimum absolute atomic E-state index is 0.0234. The van der Waals surface area contributed by atoms with Gasteiger partial charge in [-0.15, -0.1) is 13.2 Å². The third-order valence-corrected chi connectivity index (χ3v) is 10.4. The summed E-state index contributed by atoms with van der Waals surface area (Å²) in [6.07, 6.45) is -9.08. The Morgan fingerprint density at radius 2 is 1.02 bits per heavy atom. The second-order valence-electron chi connectivity index (χ2n) is 18.0. The Kier molecular flexibility index (Phi) is 19.3. The van der Waals surface area contributed by atoms with Crippen LogP contribution in [0.2, 0.25) is 0 Å². The minimum Gasteiger partial charge on any atom is -0.497 e. The molecule has 0 N–H and O–H groups in total. The number of hydrogen-bond acceptors (Lipinski definition) is 15. The molecule has 0 bridgehead atoms. The smallest absolute Gasteiger partial charge is 0.311 e. The van der Waals surface area contributed by atoms with E-state index in [1.165, 1.54) is 13.0 Å². The Labute approximate surface area is 388 Å². The molecule has 3 aromatic carbocycles. The number of esters is 3. The molecule has 0 radical (unpaired) electrons. The highest BCUT2D eigenvalue weighted by molar-refractivity contribution is 5.76. The summed E-state index contributed by atoms with van der Waals surface area (Å²) in [5, 5.41) is 0. The van der Waals surface area contributed by atoms with E-state index in [1.54, 1.807) is 79.0 Å². The number of carbonyl (C=O) groups excluding carboxylic acids is 3. The lowest BCUT2D eigenvalue weighted by Crippen LogP contribution is -2.67. The van der Waals surface area contributed by atoms with Gasteiger partial charge in [0.15, 0.2) is 24.6 Å². The van der Waals surface area contributed by atoms with Crippen LogP contribution in [0.15, 0.2) is 110 Å². The molecular weight excluding hydrogens is 853 g/mol. The maximum absolute atomic E-state index is 13.9. The number of benzene rings is 3. The maximum Gasteiger partial charge on any atom is 0.311 e. The molecule has 15 nitrogen and oxygen atoms in total. The van der Waals surface area contributed by atoms with Crippen LogP contribution in [0.5, 0.6) is 11.5 Å². The zero-order valence-corrected chi connectivity index (χ0v) is 39.3. The van der Waals surface area contributed by atoms with Crippen LogP contribution in [0, 0.1) is 10.8 Å². The SMILES string of the molecule is C=CCO[C@H]1[C@@H](OC(C)=O)[C@@H](COCc2ccccc2)O[C@@H](O[C@@H]2[C@H](OCC=C)[C@@H](OC(=O)C(C)(C)C)[C@H](Oc3ccc(OC)cc3)O[C@@H]2COCc2ccccc2)[C@@H]1OC(=O)C(C)(C)C. The van der Waals surface area contributed by atoms with Crippen LogP contribution in [0.25, 0.3) is 0 Å². The van der Waals surface area contributed by atoms with Crippen LogP contribution in [-0.4, -0.2) is 113 Å². The Hall–Kier alpha value is -5.13. The van der Waals surface area contributed by atoms with E-state index in [-0.39, 0.29) is 39.6 Å². The molecule has 10 atom stereocenters. The quantitative estimate of drug-likeness (QED) is 0.0559. The molecule has 2 aliphatic rings. The molecule has 2 fully saturated rings. The van der Waals surface area contributed by atoms with Crippen molar-refractivity contribution in [2.45, 2.75) is 123 Å². The number of ether oxygens (including phenoxy) is 12. The van der Waals surface area contributed by atoms with Crippen molar-refractivity contribution in [1.29, 1.82) is 0 Å². The molecule has 2 saturated heterocycles. The fourth-order valence-electron chi connectivity index (χ4n) is 6.99. The molecule has 66 heavy (non-hydrogen) atoms. The van der Waals surface area contributed by atoms with Crippen molar-refractivity contribution in [1.82, 2.24) is 0 Å². The average molecular weight is 919 g/mol. The van der Waals surface area contributed by atoms with Crippen molar-refractivity contribution in [3.05, 3.63) is 121 Å². The normalized spacial score (nSPS) is 25.5. The van der Waals surface area contributed by atoms with Crippen molar-refractivity contribution in [3.8, 4) is 11.5 Å². The molecule has 0 saturated carbocycles. The van der Waals surface area contributed by atoms with Gasteiger partial charge < -0.3 is 56.8 Å². The summed E-state index contributed by atoms with van der Waals surface area (Å²) in [6, 6.07) is 25.9. The van der Waals surface area contributed by atoms with E-state index >= 15 is 0 Å². The van der Waals surface area contributed by atoms with Crippen molar-refractivity contribution in [3.63, 3.8) is 0 Å². The van der Waals surface area contributed by atoms with Crippen molar-refractivity contribution >= 4 is 17.9 Å². The summed E-state index contributed by atoms with van der Waals surface area (Å²) in [5.41, 5.74) is -0.179. The van der Waals surface area contributed by atoms with E-state index in [4.69, 9.17) is 56.8 Å². The second kappa shape index (κ2) is 24.6. The first-order chi connectivity index (χ1) is 31.5. The fourth-order valence-corrected chi connectivity index (χ4v) is 6.99. The van der Waals surface area contributed by atoms with E-state index in [9.17, 15) is 14.4 Å². The summed E-state index contributed by atoms with van der Waals surface area (Å²) < 4.78 is 76.2. The van der Waals surface area contributed by atoms with Crippen LogP contribution >= 0.6 is 0 Å². The van der Waals surface area contributed by atoms with E-state index in [1.807, 2.05) is 60.7 Å². The molecule has 0 spiro atoms. The van der Waals surface area contributed by atoms with Gasteiger partial charge >= 0.3 is 17.9 Å². The topological polar surface area (TPSA) is 162 Å². The molecule has 5 rings (SSSR count). The molecule has 2 heterocycles. The monoisotopic (exact) mass is 918 g/mol. The summed E-state index contributed by atoms with van der Waals surface area (Å²) in [5.74, 6) is -0.855. The van der Waals surface area contributed by atoms with Gasteiger partial charge in [0, 0.05) is 6.92 Å². The average Bonchev–Trinajstić information content (AvgIpc) is 3.28. The lowest BCUT2D eigenvalue weighted by molar-refractivity contribution is -0.361. The lowest BCUT2D eigenvalue weighted by atomic mass is 9.94. The van der Waals surface area contributed by atoms with Gasteiger partial charge in [-0.1, -0.05) is 72.8 Å². The van der Waals surface area contributed by atoms with Gasteiger partial charge in [0.1, 0.15) is 42.0 Å². The molecule has 0 aliphatic carbocycles. The molecule has 15 heteroatoms.